The van der Waals surface area contributed by atoms with Gasteiger partial charge in [-0.1, -0.05) is 23.7 Å². The number of hydrogen-bond acceptors (Lipinski definition) is 3. The number of likely N-dealkylation sites (tertiary alicyclic amines) is 1. The van der Waals surface area contributed by atoms with Crippen LogP contribution in [0.15, 0.2) is 24.3 Å². The number of rotatable bonds is 5. The SMILES string of the molecule is CN(Cc1cccc(Cl)c1)C(=O)CN1CCC(C(N)=O)CC1. The quantitative estimate of drug-likeness (QED) is 0.893. The van der Waals surface area contributed by atoms with E-state index in [1.807, 2.05) is 24.3 Å². The van der Waals surface area contributed by atoms with Crippen molar-refractivity contribution in [3.63, 3.8) is 0 Å². The van der Waals surface area contributed by atoms with E-state index in [4.69, 9.17) is 17.3 Å². The van der Waals surface area contributed by atoms with Crippen molar-refractivity contribution in [2.75, 3.05) is 26.7 Å². The standard InChI is InChI=1S/C16H22ClN3O2/c1-19(10-12-3-2-4-14(17)9-12)15(21)11-20-7-5-13(6-8-20)16(18)22/h2-4,9,13H,5-8,10-11H2,1H3,(H2,18,22). The third-order valence-electron chi connectivity index (χ3n) is 4.08. The maximum Gasteiger partial charge on any atom is 0.236 e. The van der Waals surface area contributed by atoms with E-state index < -0.39 is 0 Å². The van der Waals surface area contributed by atoms with Crippen LogP contribution in [0.3, 0.4) is 0 Å². The maximum absolute atomic E-state index is 12.3. The summed E-state index contributed by atoms with van der Waals surface area (Å²) in [4.78, 5) is 27.2. The molecule has 22 heavy (non-hydrogen) atoms. The number of carbonyl (C=O) groups is 2. The van der Waals surface area contributed by atoms with Crippen molar-refractivity contribution in [2.45, 2.75) is 19.4 Å². The summed E-state index contributed by atoms with van der Waals surface area (Å²) in [6.07, 6.45) is 1.47. The van der Waals surface area contributed by atoms with Crippen LogP contribution in [0.1, 0.15) is 18.4 Å². The Morgan fingerprint density at radius 3 is 2.64 bits per heavy atom. The zero-order valence-electron chi connectivity index (χ0n) is 12.8. The van der Waals surface area contributed by atoms with Gasteiger partial charge in [0, 0.05) is 24.5 Å². The number of hydrogen-bond donors (Lipinski definition) is 1. The fourth-order valence-electron chi connectivity index (χ4n) is 2.68. The van der Waals surface area contributed by atoms with Gasteiger partial charge in [-0.05, 0) is 43.6 Å². The van der Waals surface area contributed by atoms with Crippen LogP contribution in [-0.4, -0.2) is 48.3 Å². The Hall–Kier alpha value is -1.59. The second-order valence-electron chi connectivity index (χ2n) is 5.83. The number of halogens is 1. The molecule has 0 spiro atoms. The van der Waals surface area contributed by atoms with Crippen molar-refractivity contribution in [2.24, 2.45) is 11.7 Å². The molecular formula is C16H22ClN3O2. The van der Waals surface area contributed by atoms with Gasteiger partial charge in [-0.2, -0.15) is 0 Å². The zero-order chi connectivity index (χ0) is 16.1. The molecule has 2 amide bonds. The summed E-state index contributed by atoms with van der Waals surface area (Å²) in [6.45, 7) is 2.40. The van der Waals surface area contributed by atoms with Gasteiger partial charge in [-0.15, -0.1) is 0 Å². The molecule has 0 atom stereocenters. The lowest BCUT2D eigenvalue weighted by Crippen LogP contribution is -2.43. The van der Waals surface area contributed by atoms with E-state index in [1.54, 1.807) is 11.9 Å². The van der Waals surface area contributed by atoms with Crippen LogP contribution in [0.25, 0.3) is 0 Å². The zero-order valence-corrected chi connectivity index (χ0v) is 13.6. The van der Waals surface area contributed by atoms with Gasteiger partial charge in [-0.25, -0.2) is 0 Å². The fraction of sp³-hybridized carbons (Fsp3) is 0.500. The first kappa shape index (κ1) is 16.8. The molecule has 1 fully saturated rings. The minimum absolute atomic E-state index is 0.0458. The molecule has 6 heteroatoms. The van der Waals surface area contributed by atoms with E-state index in [2.05, 4.69) is 4.90 Å². The van der Waals surface area contributed by atoms with Gasteiger partial charge < -0.3 is 10.6 Å². The van der Waals surface area contributed by atoms with Crippen LogP contribution in [0.2, 0.25) is 5.02 Å². The van der Waals surface area contributed by atoms with E-state index in [9.17, 15) is 9.59 Å². The van der Waals surface area contributed by atoms with Crippen LogP contribution in [-0.2, 0) is 16.1 Å². The van der Waals surface area contributed by atoms with E-state index in [0.717, 1.165) is 31.5 Å². The molecule has 5 nitrogen and oxygen atoms in total. The minimum atomic E-state index is -0.232. The Morgan fingerprint density at radius 2 is 2.05 bits per heavy atom. The van der Waals surface area contributed by atoms with E-state index >= 15 is 0 Å². The molecule has 1 heterocycles. The van der Waals surface area contributed by atoms with E-state index in [-0.39, 0.29) is 17.7 Å². The molecule has 0 bridgehead atoms. The van der Waals surface area contributed by atoms with E-state index in [1.165, 1.54) is 0 Å². The maximum atomic E-state index is 12.3. The molecule has 1 aromatic rings. The summed E-state index contributed by atoms with van der Waals surface area (Å²) in [7, 11) is 1.79. The summed E-state index contributed by atoms with van der Waals surface area (Å²) >= 11 is 5.95. The highest BCUT2D eigenvalue weighted by Gasteiger charge is 2.24. The second-order valence-corrected chi connectivity index (χ2v) is 6.27. The number of amides is 2. The molecule has 0 radical (unpaired) electrons. The molecule has 1 aliphatic heterocycles. The molecule has 120 valence electrons. The lowest BCUT2D eigenvalue weighted by molar-refractivity contribution is -0.132. The lowest BCUT2D eigenvalue weighted by atomic mass is 9.96. The average Bonchev–Trinajstić information content (AvgIpc) is 2.47. The van der Waals surface area contributed by atoms with Crippen molar-refractivity contribution in [1.82, 2.24) is 9.80 Å². The highest BCUT2D eigenvalue weighted by Crippen LogP contribution is 2.17. The topological polar surface area (TPSA) is 66.6 Å². The minimum Gasteiger partial charge on any atom is -0.369 e. The number of benzene rings is 1. The second kappa shape index (κ2) is 7.61. The molecule has 1 aromatic carbocycles. The van der Waals surface area contributed by atoms with Crippen LogP contribution in [0, 0.1) is 5.92 Å². The number of primary amides is 1. The molecule has 2 rings (SSSR count). The molecule has 2 N–H and O–H groups in total. The summed E-state index contributed by atoms with van der Waals surface area (Å²) in [6, 6.07) is 7.51. The molecule has 0 unspecified atom stereocenters. The fourth-order valence-corrected chi connectivity index (χ4v) is 2.90. The van der Waals surface area contributed by atoms with Crippen LogP contribution in [0.4, 0.5) is 0 Å². The molecule has 1 saturated heterocycles. The molecular weight excluding hydrogens is 302 g/mol. The summed E-state index contributed by atoms with van der Waals surface area (Å²) in [5.41, 5.74) is 6.33. The van der Waals surface area contributed by atoms with Gasteiger partial charge in [0.1, 0.15) is 0 Å². The van der Waals surface area contributed by atoms with Gasteiger partial charge in [0.2, 0.25) is 11.8 Å². The highest BCUT2D eigenvalue weighted by molar-refractivity contribution is 6.30. The normalized spacial score (nSPS) is 16.5. The van der Waals surface area contributed by atoms with E-state index in [0.29, 0.717) is 18.1 Å². The summed E-state index contributed by atoms with van der Waals surface area (Å²) in [5, 5.41) is 0.673. The third-order valence-corrected chi connectivity index (χ3v) is 4.32. The van der Waals surface area contributed by atoms with Crippen LogP contribution < -0.4 is 5.73 Å². The number of nitrogens with two attached hydrogens (primary N) is 1. The third kappa shape index (κ3) is 4.71. The first-order chi connectivity index (χ1) is 10.5. The first-order valence-electron chi connectivity index (χ1n) is 7.46. The Bertz CT molecular complexity index is 542. The predicted octanol–water partition coefficient (Wildman–Crippen LogP) is 1.50. The van der Waals surface area contributed by atoms with Crippen molar-refractivity contribution in [1.29, 1.82) is 0 Å². The predicted molar refractivity (Wildman–Crippen MR) is 86.3 cm³/mol. The van der Waals surface area contributed by atoms with Gasteiger partial charge >= 0.3 is 0 Å². The summed E-state index contributed by atoms with van der Waals surface area (Å²) in [5.74, 6) is -0.211. The van der Waals surface area contributed by atoms with Gasteiger partial charge in [0.05, 0.1) is 6.54 Å². The average molecular weight is 324 g/mol. The lowest BCUT2D eigenvalue weighted by Gasteiger charge is -2.31. The van der Waals surface area contributed by atoms with Crippen molar-refractivity contribution < 1.29 is 9.59 Å². The molecule has 1 aliphatic rings. The van der Waals surface area contributed by atoms with Gasteiger partial charge in [0.25, 0.3) is 0 Å². The smallest absolute Gasteiger partial charge is 0.236 e. The van der Waals surface area contributed by atoms with Crippen molar-refractivity contribution in [3.05, 3.63) is 34.9 Å². The number of piperidine rings is 1. The van der Waals surface area contributed by atoms with Crippen molar-refractivity contribution >= 4 is 23.4 Å². The van der Waals surface area contributed by atoms with Gasteiger partial charge in [-0.3, -0.25) is 14.5 Å². The number of nitrogens with zero attached hydrogens (tertiary/aromatic N) is 2. The number of carbonyl (C=O) groups excluding carboxylic acids is 2. The van der Waals surface area contributed by atoms with Crippen molar-refractivity contribution in [3.8, 4) is 0 Å². The highest BCUT2D eigenvalue weighted by atomic mass is 35.5. The Labute approximate surface area is 136 Å². The molecule has 0 aromatic heterocycles. The summed E-state index contributed by atoms with van der Waals surface area (Å²) < 4.78 is 0. The van der Waals surface area contributed by atoms with Crippen LogP contribution >= 0.6 is 11.6 Å². The van der Waals surface area contributed by atoms with Crippen LogP contribution in [0.5, 0.6) is 0 Å². The number of likely N-dealkylation sites (N-methyl/N-ethyl adjacent to an activating group) is 1. The Kier molecular flexibility index (Phi) is 5.80. The first-order valence-corrected chi connectivity index (χ1v) is 7.83. The molecule has 0 saturated carbocycles. The largest absolute Gasteiger partial charge is 0.369 e. The Balaban J connectivity index is 1.81. The van der Waals surface area contributed by atoms with Gasteiger partial charge in [0.15, 0.2) is 0 Å². The monoisotopic (exact) mass is 323 g/mol. The molecule has 0 aliphatic carbocycles. The Morgan fingerprint density at radius 1 is 1.36 bits per heavy atom.